The van der Waals surface area contributed by atoms with Crippen molar-refractivity contribution in [1.29, 1.82) is 0 Å². The fourth-order valence-electron chi connectivity index (χ4n) is 1.96. The second-order valence-corrected chi connectivity index (χ2v) is 5.49. The Bertz CT molecular complexity index is 485. The molecule has 0 fully saturated rings. The average molecular weight is 294 g/mol. The van der Waals surface area contributed by atoms with Gasteiger partial charge in [-0.1, -0.05) is 26.0 Å². The van der Waals surface area contributed by atoms with Gasteiger partial charge in [0.1, 0.15) is 11.8 Å². The molecule has 0 aromatic heterocycles. The molecular formula is C15H22N2O4. The minimum atomic E-state index is -1.09. The number of phenolic OH excluding ortho intramolecular Hbond substituents is 1. The Labute approximate surface area is 124 Å². The van der Waals surface area contributed by atoms with Crippen LogP contribution in [0.3, 0.4) is 0 Å². The fraction of sp³-hybridized carbons (Fsp3) is 0.467. The summed E-state index contributed by atoms with van der Waals surface area (Å²) in [6, 6.07) is 4.83. The van der Waals surface area contributed by atoms with Crippen LogP contribution in [-0.4, -0.2) is 46.7 Å². The second-order valence-electron chi connectivity index (χ2n) is 5.49. The number of phenols is 1. The fourth-order valence-corrected chi connectivity index (χ4v) is 1.96. The number of nitrogens with zero attached hydrogens (tertiary/aromatic N) is 1. The Kier molecular flexibility index (Phi) is 6.02. The topological polar surface area (TPSA) is 89.9 Å². The molecule has 6 heteroatoms. The van der Waals surface area contributed by atoms with Gasteiger partial charge in [0.15, 0.2) is 0 Å². The Hall–Kier alpha value is -2.24. The number of carboxylic acid groups (broad SMARTS) is 1. The molecule has 0 spiro atoms. The number of aromatic hydroxyl groups is 1. The molecule has 6 nitrogen and oxygen atoms in total. The summed E-state index contributed by atoms with van der Waals surface area (Å²) in [5.41, 5.74) is 0.729. The van der Waals surface area contributed by atoms with Gasteiger partial charge in [0.05, 0.1) is 0 Å². The van der Waals surface area contributed by atoms with Crippen molar-refractivity contribution in [2.75, 3.05) is 13.6 Å². The van der Waals surface area contributed by atoms with Gasteiger partial charge in [-0.25, -0.2) is 9.59 Å². The van der Waals surface area contributed by atoms with Crippen molar-refractivity contribution in [3.05, 3.63) is 29.8 Å². The van der Waals surface area contributed by atoms with Gasteiger partial charge in [0, 0.05) is 20.0 Å². The first kappa shape index (κ1) is 16.8. The quantitative estimate of drug-likeness (QED) is 0.744. The van der Waals surface area contributed by atoms with Gasteiger partial charge in [0.2, 0.25) is 0 Å². The molecule has 0 bridgehead atoms. The van der Waals surface area contributed by atoms with E-state index in [1.807, 2.05) is 13.8 Å². The number of benzene rings is 1. The highest BCUT2D eigenvalue weighted by Gasteiger charge is 2.22. The minimum Gasteiger partial charge on any atom is -0.508 e. The molecule has 0 heterocycles. The van der Waals surface area contributed by atoms with E-state index in [0.717, 1.165) is 5.56 Å². The summed E-state index contributed by atoms with van der Waals surface area (Å²) in [5, 5.41) is 20.9. The summed E-state index contributed by atoms with van der Waals surface area (Å²) < 4.78 is 0. The number of aliphatic carboxylic acids is 1. The van der Waals surface area contributed by atoms with Gasteiger partial charge in [-0.15, -0.1) is 0 Å². The van der Waals surface area contributed by atoms with Gasteiger partial charge >= 0.3 is 12.0 Å². The van der Waals surface area contributed by atoms with E-state index in [0.29, 0.717) is 12.5 Å². The Morgan fingerprint density at radius 1 is 1.24 bits per heavy atom. The zero-order valence-electron chi connectivity index (χ0n) is 12.5. The van der Waals surface area contributed by atoms with Gasteiger partial charge in [-0.2, -0.15) is 0 Å². The zero-order valence-corrected chi connectivity index (χ0v) is 12.5. The standard InChI is InChI=1S/C15H22N2O4/c1-10(2)9-17(3)15(21)16-13(14(19)20)8-11-4-6-12(18)7-5-11/h4-7,10,13,18H,8-9H2,1-3H3,(H,16,21)(H,19,20)/t13-/m1/s1. The monoisotopic (exact) mass is 294 g/mol. The lowest BCUT2D eigenvalue weighted by Crippen LogP contribution is -2.48. The molecule has 1 aromatic carbocycles. The van der Waals surface area contributed by atoms with Crippen molar-refractivity contribution in [3.8, 4) is 5.75 Å². The Morgan fingerprint density at radius 3 is 2.29 bits per heavy atom. The highest BCUT2D eigenvalue weighted by molar-refractivity contribution is 5.82. The number of amides is 2. The van der Waals surface area contributed by atoms with Crippen LogP contribution in [0.4, 0.5) is 4.79 Å². The molecule has 2 amide bonds. The van der Waals surface area contributed by atoms with E-state index in [2.05, 4.69) is 5.32 Å². The van der Waals surface area contributed by atoms with Crippen LogP contribution < -0.4 is 5.32 Å². The lowest BCUT2D eigenvalue weighted by molar-refractivity contribution is -0.139. The van der Waals surface area contributed by atoms with Gasteiger partial charge < -0.3 is 20.4 Å². The number of urea groups is 1. The van der Waals surface area contributed by atoms with E-state index in [1.165, 1.54) is 17.0 Å². The lowest BCUT2D eigenvalue weighted by atomic mass is 10.1. The van der Waals surface area contributed by atoms with Crippen LogP contribution in [0.15, 0.2) is 24.3 Å². The largest absolute Gasteiger partial charge is 0.508 e. The van der Waals surface area contributed by atoms with Crippen LogP contribution in [0.1, 0.15) is 19.4 Å². The van der Waals surface area contributed by atoms with Crippen LogP contribution in [-0.2, 0) is 11.2 Å². The molecule has 0 unspecified atom stereocenters. The smallest absolute Gasteiger partial charge is 0.326 e. The molecule has 21 heavy (non-hydrogen) atoms. The highest BCUT2D eigenvalue weighted by Crippen LogP contribution is 2.11. The van der Waals surface area contributed by atoms with Crippen LogP contribution >= 0.6 is 0 Å². The molecule has 1 rings (SSSR count). The maximum absolute atomic E-state index is 11.9. The third-order valence-corrected chi connectivity index (χ3v) is 2.96. The van der Waals surface area contributed by atoms with Crippen molar-refractivity contribution in [2.45, 2.75) is 26.3 Å². The van der Waals surface area contributed by atoms with Crippen LogP contribution in [0.25, 0.3) is 0 Å². The van der Waals surface area contributed by atoms with Crippen LogP contribution in [0.2, 0.25) is 0 Å². The van der Waals surface area contributed by atoms with Crippen LogP contribution in [0.5, 0.6) is 5.75 Å². The number of carbonyl (C=O) groups is 2. The summed E-state index contributed by atoms with van der Waals surface area (Å²) in [6.45, 7) is 4.52. The maximum Gasteiger partial charge on any atom is 0.326 e. The van der Waals surface area contributed by atoms with Crippen molar-refractivity contribution in [1.82, 2.24) is 10.2 Å². The normalized spacial score (nSPS) is 12.0. The molecule has 116 valence electrons. The number of hydrogen-bond donors (Lipinski definition) is 3. The number of carbonyl (C=O) groups excluding carboxylic acids is 1. The number of hydrogen-bond acceptors (Lipinski definition) is 3. The highest BCUT2D eigenvalue weighted by atomic mass is 16.4. The van der Waals surface area contributed by atoms with Crippen molar-refractivity contribution in [2.24, 2.45) is 5.92 Å². The molecule has 0 saturated heterocycles. The summed E-state index contributed by atoms with van der Waals surface area (Å²) in [4.78, 5) is 24.7. The van der Waals surface area contributed by atoms with E-state index >= 15 is 0 Å². The molecule has 3 N–H and O–H groups in total. The molecule has 0 aliphatic rings. The van der Waals surface area contributed by atoms with Gasteiger partial charge in [0.25, 0.3) is 0 Å². The SMILES string of the molecule is CC(C)CN(C)C(=O)N[C@H](Cc1ccc(O)cc1)C(=O)O. The van der Waals surface area contributed by atoms with Crippen molar-refractivity contribution >= 4 is 12.0 Å². The summed E-state index contributed by atoms with van der Waals surface area (Å²) >= 11 is 0. The molecule has 1 atom stereocenters. The Morgan fingerprint density at radius 2 is 1.81 bits per heavy atom. The summed E-state index contributed by atoms with van der Waals surface area (Å²) in [6.07, 6.45) is 0.164. The number of carboxylic acids is 1. The molecule has 0 saturated carbocycles. The third-order valence-electron chi connectivity index (χ3n) is 2.96. The molecule has 0 aliphatic heterocycles. The van der Waals surface area contributed by atoms with E-state index in [-0.39, 0.29) is 12.2 Å². The maximum atomic E-state index is 11.9. The first-order valence-corrected chi connectivity index (χ1v) is 6.82. The van der Waals surface area contributed by atoms with Crippen molar-refractivity contribution < 1.29 is 19.8 Å². The zero-order chi connectivity index (χ0) is 16.0. The Balaban J connectivity index is 2.67. The first-order chi connectivity index (χ1) is 9.79. The summed E-state index contributed by atoms with van der Waals surface area (Å²) in [7, 11) is 1.63. The molecule has 1 aromatic rings. The predicted molar refractivity (Wildman–Crippen MR) is 79.2 cm³/mol. The lowest BCUT2D eigenvalue weighted by Gasteiger charge is -2.23. The number of rotatable bonds is 6. The van der Waals surface area contributed by atoms with E-state index in [4.69, 9.17) is 0 Å². The van der Waals surface area contributed by atoms with Crippen LogP contribution in [0, 0.1) is 5.92 Å². The van der Waals surface area contributed by atoms with Gasteiger partial charge in [-0.3, -0.25) is 0 Å². The van der Waals surface area contributed by atoms with Gasteiger partial charge in [-0.05, 0) is 23.6 Å². The van der Waals surface area contributed by atoms with E-state index in [1.54, 1.807) is 19.2 Å². The summed E-state index contributed by atoms with van der Waals surface area (Å²) in [5.74, 6) is -0.665. The third kappa shape index (κ3) is 5.72. The van der Waals surface area contributed by atoms with E-state index < -0.39 is 18.0 Å². The first-order valence-electron chi connectivity index (χ1n) is 6.82. The predicted octanol–water partition coefficient (Wildman–Crippen LogP) is 1.69. The molecule has 0 aliphatic carbocycles. The number of nitrogens with one attached hydrogen (secondary N) is 1. The van der Waals surface area contributed by atoms with E-state index in [9.17, 15) is 19.8 Å². The second kappa shape index (κ2) is 7.52. The minimum absolute atomic E-state index is 0.117. The molecule has 0 radical (unpaired) electrons. The average Bonchev–Trinajstić information content (AvgIpc) is 2.39. The van der Waals surface area contributed by atoms with Crippen molar-refractivity contribution in [3.63, 3.8) is 0 Å². The molecular weight excluding hydrogens is 272 g/mol.